The second-order valence-electron chi connectivity index (χ2n) is 5.42. The minimum atomic E-state index is 0.534. The molecule has 3 nitrogen and oxygen atoms in total. The van der Waals surface area contributed by atoms with Crippen LogP contribution in [0.1, 0.15) is 56.8 Å². The molecular formula is C14H25N3. The van der Waals surface area contributed by atoms with E-state index < -0.39 is 0 Å². The van der Waals surface area contributed by atoms with Gasteiger partial charge >= 0.3 is 0 Å². The Morgan fingerprint density at radius 1 is 1.59 bits per heavy atom. The molecule has 2 rings (SSSR count). The van der Waals surface area contributed by atoms with Crippen molar-refractivity contribution in [3.63, 3.8) is 0 Å². The largest absolute Gasteiger partial charge is 0.310 e. The molecule has 17 heavy (non-hydrogen) atoms. The van der Waals surface area contributed by atoms with Crippen molar-refractivity contribution < 1.29 is 0 Å². The average Bonchev–Trinajstić information content (AvgIpc) is 2.70. The van der Waals surface area contributed by atoms with Crippen molar-refractivity contribution in [2.45, 2.75) is 52.0 Å². The van der Waals surface area contributed by atoms with Crippen LogP contribution in [0.3, 0.4) is 0 Å². The zero-order chi connectivity index (χ0) is 12.3. The Labute approximate surface area is 105 Å². The highest BCUT2D eigenvalue weighted by atomic mass is 15.3. The standard InChI is InChI=1S/C14H25N3/c1-4-6-11(2)9-15-13-7-5-8-14-12(13)10-16-17(14)3/h10-11,13,15H,4-9H2,1-3H3. The van der Waals surface area contributed by atoms with Gasteiger partial charge in [-0.2, -0.15) is 5.10 Å². The molecule has 96 valence electrons. The van der Waals surface area contributed by atoms with E-state index in [9.17, 15) is 0 Å². The molecule has 0 saturated carbocycles. The van der Waals surface area contributed by atoms with Crippen molar-refractivity contribution in [1.29, 1.82) is 0 Å². The van der Waals surface area contributed by atoms with E-state index in [0.717, 1.165) is 12.5 Å². The number of aromatic nitrogens is 2. The third kappa shape index (κ3) is 2.89. The predicted molar refractivity (Wildman–Crippen MR) is 71.0 cm³/mol. The maximum atomic E-state index is 4.39. The lowest BCUT2D eigenvalue weighted by molar-refractivity contribution is 0.397. The zero-order valence-corrected chi connectivity index (χ0v) is 11.4. The van der Waals surface area contributed by atoms with Crippen LogP contribution in [-0.2, 0) is 13.5 Å². The summed E-state index contributed by atoms with van der Waals surface area (Å²) in [5.74, 6) is 0.780. The molecule has 3 heteroatoms. The van der Waals surface area contributed by atoms with Gasteiger partial charge < -0.3 is 5.32 Å². The molecule has 2 unspecified atom stereocenters. The fraction of sp³-hybridized carbons (Fsp3) is 0.786. The molecule has 1 N–H and O–H groups in total. The summed E-state index contributed by atoms with van der Waals surface area (Å²) in [6.45, 7) is 5.73. The molecular weight excluding hydrogens is 210 g/mol. The highest BCUT2D eigenvalue weighted by molar-refractivity contribution is 5.24. The minimum absolute atomic E-state index is 0.534. The van der Waals surface area contributed by atoms with E-state index in [0.29, 0.717) is 6.04 Å². The summed E-state index contributed by atoms with van der Waals surface area (Å²) >= 11 is 0. The van der Waals surface area contributed by atoms with Gasteiger partial charge in [0.25, 0.3) is 0 Å². The summed E-state index contributed by atoms with van der Waals surface area (Å²) in [6, 6.07) is 0.534. The third-order valence-corrected chi connectivity index (χ3v) is 3.87. The summed E-state index contributed by atoms with van der Waals surface area (Å²) in [5, 5.41) is 8.11. The van der Waals surface area contributed by atoms with Crippen molar-refractivity contribution in [2.75, 3.05) is 6.54 Å². The van der Waals surface area contributed by atoms with E-state index in [-0.39, 0.29) is 0 Å². The first-order valence-electron chi connectivity index (χ1n) is 6.96. The summed E-state index contributed by atoms with van der Waals surface area (Å²) in [5.41, 5.74) is 2.86. The molecule has 1 aliphatic carbocycles. The van der Waals surface area contributed by atoms with Crippen LogP contribution in [0.4, 0.5) is 0 Å². The minimum Gasteiger partial charge on any atom is -0.310 e. The van der Waals surface area contributed by atoms with Gasteiger partial charge in [0.1, 0.15) is 0 Å². The van der Waals surface area contributed by atoms with Gasteiger partial charge in [0.05, 0.1) is 6.20 Å². The van der Waals surface area contributed by atoms with Crippen LogP contribution in [-0.4, -0.2) is 16.3 Å². The normalized spacial score (nSPS) is 21.2. The van der Waals surface area contributed by atoms with E-state index in [1.54, 1.807) is 0 Å². The molecule has 0 amide bonds. The van der Waals surface area contributed by atoms with Crippen molar-refractivity contribution in [3.8, 4) is 0 Å². The molecule has 0 aliphatic heterocycles. The van der Waals surface area contributed by atoms with Crippen molar-refractivity contribution in [3.05, 3.63) is 17.5 Å². The Morgan fingerprint density at radius 3 is 3.18 bits per heavy atom. The summed E-state index contributed by atoms with van der Waals surface area (Å²) < 4.78 is 2.04. The number of fused-ring (bicyclic) bond motifs is 1. The zero-order valence-electron chi connectivity index (χ0n) is 11.4. The second-order valence-corrected chi connectivity index (χ2v) is 5.42. The molecule has 2 atom stereocenters. The molecule has 1 aliphatic rings. The Kier molecular flexibility index (Phi) is 4.21. The molecule has 0 saturated heterocycles. The predicted octanol–water partition coefficient (Wildman–Crippen LogP) is 2.82. The van der Waals surface area contributed by atoms with E-state index in [4.69, 9.17) is 0 Å². The highest BCUT2D eigenvalue weighted by Gasteiger charge is 2.23. The van der Waals surface area contributed by atoms with Gasteiger partial charge in [-0.25, -0.2) is 0 Å². The van der Waals surface area contributed by atoms with Crippen LogP contribution in [0.25, 0.3) is 0 Å². The topological polar surface area (TPSA) is 29.9 Å². The number of hydrogen-bond donors (Lipinski definition) is 1. The smallest absolute Gasteiger partial charge is 0.0540 e. The monoisotopic (exact) mass is 235 g/mol. The quantitative estimate of drug-likeness (QED) is 0.850. The number of rotatable bonds is 5. The third-order valence-electron chi connectivity index (χ3n) is 3.87. The lowest BCUT2D eigenvalue weighted by atomic mass is 9.92. The number of nitrogens with zero attached hydrogens (tertiary/aromatic N) is 2. The number of aryl methyl sites for hydroxylation is 1. The molecule has 0 radical (unpaired) electrons. The summed E-state index contributed by atoms with van der Waals surface area (Å²) in [6.07, 6.45) is 8.39. The summed E-state index contributed by atoms with van der Waals surface area (Å²) in [4.78, 5) is 0. The van der Waals surface area contributed by atoms with Crippen molar-refractivity contribution in [2.24, 2.45) is 13.0 Å². The second kappa shape index (κ2) is 5.67. The van der Waals surface area contributed by atoms with Gasteiger partial charge in [-0.3, -0.25) is 4.68 Å². The van der Waals surface area contributed by atoms with E-state index in [1.165, 1.54) is 43.4 Å². The van der Waals surface area contributed by atoms with Crippen LogP contribution in [0, 0.1) is 5.92 Å². The lowest BCUT2D eigenvalue weighted by Gasteiger charge is -2.25. The Hall–Kier alpha value is -0.830. The fourth-order valence-corrected chi connectivity index (χ4v) is 2.86. The first kappa shape index (κ1) is 12.6. The molecule has 0 spiro atoms. The van der Waals surface area contributed by atoms with Gasteiger partial charge in [0.15, 0.2) is 0 Å². The molecule has 1 aromatic heterocycles. The van der Waals surface area contributed by atoms with Crippen molar-refractivity contribution >= 4 is 0 Å². The number of nitrogens with one attached hydrogen (secondary N) is 1. The molecule has 1 aromatic rings. The lowest BCUT2D eigenvalue weighted by Crippen LogP contribution is -2.29. The van der Waals surface area contributed by atoms with Gasteiger partial charge in [-0.05, 0) is 38.1 Å². The fourth-order valence-electron chi connectivity index (χ4n) is 2.86. The highest BCUT2D eigenvalue weighted by Crippen LogP contribution is 2.29. The molecule has 0 aromatic carbocycles. The molecule has 1 heterocycles. The Bertz CT molecular complexity index is 356. The van der Waals surface area contributed by atoms with E-state index in [1.807, 2.05) is 4.68 Å². The van der Waals surface area contributed by atoms with E-state index >= 15 is 0 Å². The van der Waals surface area contributed by atoms with Gasteiger partial charge in [0.2, 0.25) is 0 Å². The first-order chi connectivity index (χ1) is 8.22. The van der Waals surface area contributed by atoms with Crippen LogP contribution >= 0.6 is 0 Å². The summed E-state index contributed by atoms with van der Waals surface area (Å²) in [7, 11) is 2.06. The average molecular weight is 235 g/mol. The van der Waals surface area contributed by atoms with E-state index in [2.05, 4.69) is 37.5 Å². The maximum Gasteiger partial charge on any atom is 0.0540 e. The van der Waals surface area contributed by atoms with Crippen molar-refractivity contribution in [1.82, 2.24) is 15.1 Å². The van der Waals surface area contributed by atoms with Crippen LogP contribution in [0.15, 0.2) is 6.20 Å². The van der Waals surface area contributed by atoms with Crippen LogP contribution < -0.4 is 5.32 Å². The number of hydrogen-bond acceptors (Lipinski definition) is 2. The Balaban J connectivity index is 1.94. The van der Waals surface area contributed by atoms with Gasteiger partial charge in [-0.1, -0.05) is 20.3 Å². The molecule has 0 bridgehead atoms. The molecule has 0 fully saturated rings. The Morgan fingerprint density at radius 2 is 2.41 bits per heavy atom. The van der Waals surface area contributed by atoms with Crippen LogP contribution in [0.2, 0.25) is 0 Å². The van der Waals surface area contributed by atoms with Crippen LogP contribution in [0.5, 0.6) is 0 Å². The maximum absolute atomic E-state index is 4.39. The SMILES string of the molecule is CCCC(C)CNC1CCCc2c1cnn2C. The first-order valence-corrected chi connectivity index (χ1v) is 6.96. The van der Waals surface area contributed by atoms with Gasteiger partial charge in [0, 0.05) is 24.3 Å². The van der Waals surface area contributed by atoms with Gasteiger partial charge in [-0.15, -0.1) is 0 Å².